The number of aromatic nitrogens is 1. The number of aliphatic hydroxyl groups excluding tert-OH is 1. The molecule has 1 atom stereocenters. The Bertz CT molecular complexity index is 1100. The van der Waals surface area contributed by atoms with Crippen molar-refractivity contribution in [3.63, 3.8) is 0 Å². The van der Waals surface area contributed by atoms with Crippen LogP contribution in [0.1, 0.15) is 16.1 Å². The molecule has 0 spiro atoms. The molecule has 0 aliphatic heterocycles. The van der Waals surface area contributed by atoms with E-state index >= 15 is 0 Å². The Balaban J connectivity index is 1.80. The number of hydrogen-bond donors (Lipinski definition) is 4. The van der Waals surface area contributed by atoms with Crippen LogP contribution in [-0.2, 0) is 11.3 Å². The minimum absolute atomic E-state index is 0.0196. The molecule has 162 valence electrons. The van der Waals surface area contributed by atoms with E-state index in [1.54, 1.807) is 36.4 Å². The summed E-state index contributed by atoms with van der Waals surface area (Å²) in [6.07, 6.45) is -1.76. The summed E-state index contributed by atoms with van der Waals surface area (Å²) in [7, 11) is 0. The van der Waals surface area contributed by atoms with Gasteiger partial charge in [0.1, 0.15) is 0 Å². The molecule has 1 aromatic heterocycles. The highest BCUT2D eigenvalue weighted by Crippen LogP contribution is 2.30. The first kappa shape index (κ1) is 22.6. The maximum Gasteiger partial charge on any atom is 0.333 e. The summed E-state index contributed by atoms with van der Waals surface area (Å²) in [5.74, 6) is -3.01. The number of nitrogens with zero attached hydrogens (tertiary/aromatic N) is 2. The molecular weight excluding hydrogens is 449 g/mol. The third kappa shape index (κ3) is 5.96. The molecule has 0 bridgehead atoms. The highest BCUT2D eigenvalue weighted by atomic mass is 35.5. The third-order valence-corrected chi connectivity index (χ3v) is 4.75. The fraction of sp³-hybridized carbons (Fsp3) is 0.150. The number of hydrogen-bond acceptors (Lipinski definition) is 7. The van der Waals surface area contributed by atoms with E-state index in [-0.39, 0.29) is 12.3 Å². The molecule has 3 rings (SSSR count). The van der Waals surface area contributed by atoms with Gasteiger partial charge in [-0.2, -0.15) is 0 Å². The summed E-state index contributed by atoms with van der Waals surface area (Å²) in [5.41, 5.74) is 4.62. The number of hydrazine groups is 1. The number of halogens is 2. The number of benzene rings is 2. The van der Waals surface area contributed by atoms with Crippen molar-refractivity contribution in [2.75, 3.05) is 6.54 Å². The van der Waals surface area contributed by atoms with Crippen LogP contribution in [0.25, 0.3) is 11.1 Å². The topological polar surface area (TPSA) is 136 Å². The SMILES string of the molecule is O=C(NN(Cc1ccc(-c2cccc(Cl)c2)c(Cl)c1)C[C@@H](O)C(=O)O)c1cc(O)no1. The molecule has 0 unspecified atom stereocenters. The number of aromatic hydroxyl groups is 1. The first-order valence-electron chi connectivity index (χ1n) is 8.90. The molecule has 9 nitrogen and oxygen atoms in total. The molecule has 1 amide bonds. The normalized spacial score (nSPS) is 12.0. The van der Waals surface area contributed by atoms with E-state index in [0.29, 0.717) is 15.6 Å². The number of carbonyl (C=O) groups excluding carboxylic acids is 1. The van der Waals surface area contributed by atoms with Crippen LogP contribution in [0.2, 0.25) is 10.0 Å². The lowest BCUT2D eigenvalue weighted by Crippen LogP contribution is -2.47. The molecule has 0 saturated carbocycles. The molecule has 3 aromatic rings. The summed E-state index contributed by atoms with van der Waals surface area (Å²) >= 11 is 12.4. The standard InChI is InChI=1S/C20H17Cl2N3O6/c21-13-3-1-2-12(7-13)14-5-4-11(6-15(14)22)9-25(10-16(26)20(29)30)23-19(28)17-8-18(27)24-31-17/h1-8,16,26H,9-10H2,(H,23,28)(H,24,27)(H,29,30)/t16-/m1/s1. The molecule has 31 heavy (non-hydrogen) atoms. The van der Waals surface area contributed by atoms with Crippen LogP contribution in [0.15, 0.2) is 53.1 Å². The average Bonchev–Trinajstić information content (AvgIpc) is 3.14. The van der Waals surface area contributed by atoms with Crippen molar-refractivity contribution < 1.29 is 29.4 Å². The van der Waals surface area contributed by atoms with E-state index in [2.05, 4.69) is 15.1 Å². The quantitative estimate of drug-likeness (QED) is 0.372. The Labute approximate surface area is 186 Å². The minimum Gasteiger partial charge on any atom is -0.491 e. The number of nitrogens with one attached hydrogen (secondary N) is 1. The summed E-state index contributed by atoms with van der Waals surface area (Å²) in [5, 5.41) is 33.3. The zero-order valence-electron chi connectivity index (χ0n) is 15.8. The summed E-state index contributed by atoms with van der Waals surface area (Å²) < 4.78 is 4.67. The Morgan fingerprint density at radius 3 is 2.55 bits per heavy atom. The van der Waals surface area contributed by atoms with Gasteiger partial charge in [0.2, 0.25) is 5.76 Å². The van der Waals surface area contributed by atoms with E-state index in [4.69, 9.17) is 28.3 Å². The van der Waals surface area contributed by atoms with E-state index < -0.39 is 30.4 Å². The molecule has 0 aliphatic carbocycles. The monoisotopic (exact) mass is 465 g/mol. The zero-order valence-corrected chi connectivity index (χ0v) is 17.3. The maximum absolute atomic E-state index is 12.3. The zero-order chi connectivity index (χ0) is 22.5. The highest BCUT2D eigenvalue weighted by molar-refractivity contribution is 6.34. The predicted molar refractivity (Wildman–Crippen MR) is 112 cm³/mol. The summed E-state index contributed by atoms with van der Waals surface area (Å²) in [6.45, 7) is -0.402. The number of carboxylic acids is 1. The lowest BCUT2D eigenvalue weighted by Gasteiger charge is -2.24. The van der Waals surface area contributed by atoms with Crippen LogP contribution in [0.5, 0.6) is 5.88 Å². The molecular formula is C20H17Cl2N3O6. The number of aliphatic hydroxyl groups is 1. The van der Waals surface area contributed by atoms with Crippen LogP contribution < -0.4 is 5.43 Å². The molecule has 0 radical (unpaired) electrons. The molecule has 2 aromatic carbocycles. The molecule has 11 heteroatoms. The smallest absolute Gasteiger partial charge is 0.333 e. The van der Waals surface area contributed by atoms with Crippen LogP contribution in [-0.4, -0.2) is 50.0 Å². The number of carbonyl (C=O) groups is 2. The van der Waals surface area contributed by atoms with Crippen molar-refractivity contribution in [3.8, 4) is 17.0 Å². The van der Waals surface area contributed by atoms with Crippen molar-refractivity contribution in [1.82, 2.24) is 15.6 Å². The van der Waals surface area contributed by atoms with Crippen LogP contribution in [0.4, 0.5) is 0 Å². The first-order chi connectivity index (χ1) is 14.7. The Morgan fingerprint density at radius 2 is 1.94 bits per heavy atom. The minimum atomic E-state index is -1.76. The lowest BCUT2D eigenvalue weighted by molar-refractivity contribution is -0.148. The second kappa shape index (κ2) is 9.80. The average molecular weight is 466 g/mol. The summed E-state index contributed by atoms with van der Waals surface area (Å²) in [6, 6.07) is 13.3. The van der Waals surface area contributed by atoms with Crippen molar-refractivity contribution in [2.24, 2.45) is 0 Å². The maximum atomic E-state index is 12.3. The van der Waals surface area contributed by atoms with Gasteiger partial charge in [-0.15, -0.1) is 0 Å². The lowest BCUT2D eigenvalue weighted by atomic mass is 10.0. The van der Waals surface area contributed by atoms with Gasteiger partial charge < -0.3 is 19.8 Å². The van der Waals surface area contributed by atoms with Crippen molar-refractivity contribution in [3.05, 3.63) is 69.9 Å². The van der Waals surface area contributed by atoms with Gasteiger partial charge in [-0.05, 0) is 34.5 Å². The van der Waals surface area contributed by atoms with E-state index in [9.17, 15) is 19.8 Å². The second-order valence-corrected chi connectivity index (χ2v) is 7.39. The van der Waals surface area contributed by atoms with Crippen LogP contribution in [0, 0.1) is 0 Å². The van der Waals surface area contributed by atoms with Gasteiger partial charge in [-0.1, -0.05) is 47.5 Å². The van der Waals surface area contributed by atoms with E-state index in [1.807, 2.05) is 6.07 Å². The molecule has 4 N–H and O–H groups in total. The molecule has 1 heterocycles. The molecule has 0 aliphatic rings. The van der Waals surface area contributed by atoms with E-state index in [0.717, 1.165) is 17.2 Å². The largest absolute Gasteiger partial charge is 0.491 e. The number of aliphatic carboxylic acids is 1. The second-order valence-electron chi connectivity index (χ2n) is 6.55. The van der Waals surface area contributed by atoms with Crippen molar-refractivity contribution in [2.45, 2.75) is 12.6 Å². The predicted octanol–water partition coefficient (Wildman–Crippen LogP) is 2.95. The van der Waals surface area contributed by atoms with Crippen molar-refractivity contribution >= 4 is 35.1 Å². The van der Waals surface area contributed by atoms with E-state index in [1.165, 1.54) is 5.01 Å². The Morgan fingerprint density at radius 1 is 1.16 bits per heavy atom. The number of carboxylic acid groups (broad SMARTS) is 1. The van der Waals surface area contributed by atoms with Gasteiger partial charge >= 0.3 is 11.9 Å². The van der Waals surface area contributed by atoms with Crippen LogP contribution >= 0.6 is 23.2 Å². The van der Waals surface area contributed by atoms with Crippen LogP contribution in [0.3, 0.4) is 0 Å². The van der Waals surface area contributed by atoms with Gasteiger partial charge in [0.05, 0.1) is 12.6 Å². The highest BCUT2D eigenvalue weighted by Gasteiger charge is 2.22. The van der Waals surface area contributed by atoms with Gasteiger partial charge in [-0.3, -0.25) is 10.2 Å². The number of amides is 1. The third-order valence-electron chi connectivity index (χ3n) is 4.20. The van der Waals surface area contributed by atoms with Gasteiger partial charge in [0, 0.05) is 22.2 Å². The van der Waals surface area contributed by atoms with Crippen molar-refractivity contribution in [1.29, 1.82) is 0 Å². The molecule has 0 saturated heterocycles. The fourth-order valence-corrected chi connectivity index (χ4v) is 3.28. The van der Waals surface area contributed by atoms with Gasteiger partial charge in [0.25, 0.3) is 5.88 Å². The van der Waals surface area contributed by atoms with Gasteiger partial charge in [-0.25, -0.2) is 9.80 Å². The number of rotatable bonds is 8. The Hall–Kier alpha value is -3.11. The first-order valence-corrected chi connectivity index (χ1v) is 9.65. The fourth-order valence-electron chi connectivity index (χ4n) is 2.78. The Kier molecular flexibility index (Phi) is 7.13. The molecule has 0 fully saturated rings. The van der Waals surface area contributed by atoms with Gasteiger partial charge in [0.15, 0.2) is 6.10 Å². The summed E-state index contributed by atoms with van der Waals surface area (Å²) in [4.78, 5) is 23.3.